The first kappa shape index (κ1) is 12.1. The topological polar surface area (TPSA) is 71.0 Å². The number of aliphatic hydroxyl groups is 1. The zero-order valence-corrected chi connectivity index (χ0v) is 7.62. The first-order valence-corrected chi connectivity index (χ1v) is 4.19. The molecule has 5 nitrogen and oxygen atoms in total. The Balaban J connectivity index is 2.97. The van der Waals surface area contributed by atoms with Crippen LogP contribution in [0.2, 0.25) is 0 Å². The Hall–Kier alpha value is 0.0900. The summed E-state index contributed by atoms with van der Waals surface area (Å²) in [7, 11) is 0. The van der Waals surface area contributed by atoms with E-state index in [9.17, 15) is 4.66 Å². The predicted molar refractivity (Wildman–Crippen MR) is 34.4 cm³/mol. The van der Waals surface area contributed by atoms with Crippen molar-refractivity contribution >= 4 is 0 Å². The molecule has 74 valence electrons. The largest absolute Gasteiger partial charge is 0.506 e. The van der Waals surface area contributed by atoms with Crippen LogP contribution in [0, 0.1) is 11.3 Å². The molecule has 0 radical (unpaired) electrons. The molecule has 0 heterocycles. The van der Waals surface area contributed by atoms with Gasteiger partial charge in [0, 0.05) is 6.61 Å². The van der Waals surface area contributed by atoms with Crippen molar-refractivity contribution in [2.24, 2.45) is 0 Å². The number of hydrogen-bond donors (Lipinski definition) is 1. The van der Waals surface area contributed by atoms with Gasteiger partial charge in [0.15, 0.2) is 0 Å². The van der Waals surface area contributed by atoms with Crippen LogP contribution < -0.4 is 4.66 Å². The second kappa shape index (κ2) is 9.18. The van der Waals surface area contributed by atoms with E-state index in [0.29, 0.717) is 19.8 Å². The number of rotatable bonds is 8. The molecule has 1 unspecified atom stereocenters. The van der Waals surface area contributed by atoms with Crippen molar-refractivity contribution in [2.45, 2.75) is 13.2 Å². The molecule has 0 aromatic heterocycles. The van der Waals surface area contributed by atoms with Gasteiger partial charge in [-0.3, -0.25) is 0 Å². The summed E-state index contributed by atoms with van der Waals surface area (Å²) in [6, 6.07) is 0. The van der Waals surface area contributed by atoms with Gasteiger partial charge in [-0.1, -0.05) is 4.29 Å². The Morgan fingerprint density at radius 1 is 1.42 bits per heavy atom. The average Bonchev–Trinajstić information content (AvgIpc) is 2.05. The Bertz CT molecular complexity index is 92.0. The number of halogens is 1. The van der Waals surface area contributed by atoms with Crippen molar-refractivity contribution in [3.05, 3.63) is 0 Å². The molecule has 0 aliphatic rings. The van der Waals surface area contributed by atoms with E-state index in [1.807, 2.05) is 6.92 Å². The molecule has 0 rings (SSSR count). The molecule has 6 heteroatoms. The number of ether oxygens (including phenoxy) is 2. The smallest absolute Gasteiger partial charge is 0.333 e. The van der Waals surface area contributed by atoms with Crippen LogP contribution in [0.3, 0.4) is 0 Å². The fraction of sp³-hybridized carbons (Fsp3) is 1.00. The van der Waals surface area contributed by atoms with Crippen molar-refractivity contribution in [1.82, 2.24) is 0 Å². The van der Waals surface area contributed by atoms with E-state index in [1.165, 1.54) is 0 Å². The maximum absolute atomic E-state index is 9.67. The summed E-state index contributed by atoms with van der Waals surface area (Å²) in [5.41, 5.74) is 0. The van der Waals surface area contributed by atoms with Crippen LogP contribution in [0.1, 0.15) is 6.92 Å². The SMILES string of the molecule is CCOCCOCC(O)O[Cl+][O-]. The molecular formula is C6H13ClO5. The van der Waals surface area contributed by atoms with E-state index in [4.69, 9.17) is 14.6 Å². The molecule has 0 saturated carbocycles. The van der Waals surface area contributed by atoms with Gasteiger partial charge in [-0.05, 0) is 6.92 Å². The molecule has 1 N–H and O–H groups in total. The standard InChI is InChI=1S/C6H13ClO5/c1-2-10-3-4-11-5-6(8)12-7-9/h6,8H,2-5H2,1H3. The minimum Gasteiger partial charge on any atom is -0.506 e. The van der Waals surface area contributed by atoms with Gasteiger partial charge in [0.25, 0.3) is 0 Å². The lowest BCUT2D eigenvalue weighted by Crippen LogP contribution is -2.22. The van der Waals surface area contributed by atoms with Crippen molar-refractivity contribution in [3.8, 4) is 0 Å². The van der Waals surface area contributed by atoms with Gasteiger partial charge in [-0.15, -0.1) is 0 Å². The second-order valence-electron chi connectivity index (χ2n) is 1.88. The quantitative estimate of drug-likeness (QED) is 0.388. The van der Waals surface area contributed by atoms with Crippen LogP contribution in [-0.2, 0) is 13.8 Å². The van der Waals surface area contributed by atoms with Crippen LogP contribution in [0.4, 0.5) is 0 Å². The van der Waals surface area contributed by atoms with Gasteiger partial charge in [0.05, 0.1) is 13.2 Å². The molecule has 12 heavy (non-hydrogen) atoms. The van der Waals surface area contributed by atoms with Gasteiger partial charge in [-0.25, -0.2) is 0 Å². The lowest BCUT2D eigenvalue weighted by molar-refractivity contribution is -1.27. The minimum absolute atomic E-state index is 0.0255. The maximum atomic E-state index is 9.67. The summed E-state index contributed by atoms with van der Waals surface area (Å²) in [5.74, 6) is 0. The first-order valence-electron chi connectivity index (χ1n) is 3.57. The van der Waals surface area contributed by atoms with Crippen LogP contribution >= 0.6 is 0 Å². The molecule has 0 aliphatic carbocycles. The van der Waals surface area contributed by atoms with Crippen molar-refractivity contribution in [3.63, 3.8) is 0 Å². The summed E-state index contributed by atoms with van der Waals surface area (Å²) >= 11 is 0.281. The van der Waals surface area contributed by atoms with E-state index in [1.54, 1.807) is 0 Å². The highest BCUT2D eigenvalue weighted by Crippen LogP contribution is 1.87. The zero-order valence-electron chi connectivity index (χ0n) is 6.86. The summed E-state index contributed by atoms with van der Waals surface area (Å²) in [5, 5.41) is 8.78. The molecule has 0 aromatic rings. The summed E-state index contributed by atoms with van der Waals surface area (Å²) in [4.78, 5) is 0. The molecule has 0 spiro atoms. The van der Waals surface area contributed by atoms with Gasteiger partial charge in [0.1, 0.15) is 6.61 Å². The van der Waals surface area contributed by atoms with Crippen LogP contribution in [0.15, 0.2) is 0 Å². The average molecular weight is 201 g/mol. The highest BCUT2D eigenvalue weighted by molar-refractivity contribution is 4.33. The van der Waals surface area contributed by atoms with E-state index in [2.05, 4.69) is 4.29 Å². The fourth-order valence-electron chi connectivity index (χ4n) is 0.514. The van der Waals surface area contributed by atoms with E-state index < -0.39 is 6.29 Å². The molecule has 0 fully saturated rings. The molecule has 0 amide bonds. The molecule has 0 bridgehead atoms. The summed E-state index contributed by atoms with van der Waals surface area (Å²) < 4.78 is 23.7. The molecule has 0 aromatic carbocycles. The number of aliphatic hydroxyl groups excluding tert-OH is 1. The normalized spacial score (nSPS) is 13.2. The van der Waals surface area contributed by atoms with E-state index in [0.717, 1.165) is 0 Å². The Kier molecular flexibility index (Phi) is 9.25. The third-order valence-electron chi connectivity index (χ3n) is 0.976. The van der Waals surface area contributed by atoms with Gasteiger partial charge in [0.2, 0.25) is 6.29 Å². The maximum Gasteiger partial charge on any atom is 0.333 e. The van der Waals surface area contributed by atoms with Crippen molar-refractivity contribution in [1.29, 1.82) is 0 Å². The van der Waals surface area contributed by atoms with Gasteiger partial charge in [-0.2, -0.15) is 0 Å². The van der Waals surface area contributed by atoms with Gasteiger partial charge < -0.3 is 19.2 Å². The first-order chi connectivity index (χ1) is 5.81. The lowest BCUT2D eigenvalue weighted by atomic mass is 10.7. The Morgan fingerprint density at radius 2 is 2.08 bits per heavy atom. The van der Waals surface area contributed by atoms with E-state index >= 15 is 0 Å². The summed E-state index contributed by atoms with van der Waals surface area (Å²) in [6.07, 6.45) is -1.18. The second-order valence-corrected chi connectivity index (χ2v) is 2.18. The fourth-order valence-corrected chi connectivity index (χ4v) is 0.649. The minimum atomic E-state index is -1.18. The third-order valence-corrected chi connectivity index (χ3v) is 1.25. The van der Waals surface area contributed by atoms with Crippen LogP contribution in [-0.4, -0.2) is 37.8 Å². The Labute approximate surface area is 75.3 Å². The molecule has 1 atom stereocenters. The Morgan fingerprint density at radius 3 is 2.67 bits per heavy atom. The molecule has 0 aliphatic heterocycles. The highest BCUT2D eigenvalue weighted by atomic mass is 35.6. The number of hydrogen-bond acceptors (Lipinski definition) is 5. The lowest BCUT2D eigenvalue weighted by Gasteiger charge is -2.05. The third kappa shape index (κ3) is 8.19. The van der Waals surface area contributed by atoms with Crippen LogP contribution in [0.5, 0.6) is 0 Å². The summed E-state index contributed by atoms with van der Waals surface area (Å²) in [6.45, 7) is 3.34. The van der Waals surface area contributed by atoms with E-state index in [-0.39, 0.29) is 17.9 Å². The monoisotopic (exact) mass is 200 g/mol. The highest BCUT2D eigenvalue weighted by Gasteiger charge is 2.09. The molecule has 0 saturated heterocycles. The molecular weight excluding hydrogens is 188 g/mol. The van der Waals surface area contributed by atoms with Crippen LogP contribution in [0.25, 0.3) is 0 Å². The zero-order chi connectivity index (χ0) is 9.23. The van der Waals surface area contributed by atoms with Crippen molar-refractivity contribution in [2.75, 3.05) is 26.4 Å². The predicted octanol–water partition coefficient (Wildman–Crippen LogP) is -1.35. The van der Waals surface area contributed by atoms with Gasteiger partial charge >= 0.3 is 11.3 Å². The van der Waals surface area contributed by atoms with Crippen molar-refractivity contribution < 1.29 is 34.9 Å².